The van der Waals surface area contributed by atoms with Crippen LogP contribution in [0.2, 0.25) is 0 Å². The van der Waals surface area contributed by atoms with Crippen LogP contribution in [0.4, 0.5) is 0 Å². The Hall–Kier alpha value is -2.73. The summed E-state index contributed by atoms with van der Waals surface area (Å²) in [6, 6.07) is 20.3. The average molecular weight is 417 g/mol. The molecule has 2 aromatic carbocycles. The molecule has 6 heteroatoms. The summed E-state index contributed by atoms with van der Waals surface area (Å²) in [4.78, 5) is 17.3. The molecule has 0 aliphatic heterocycles. The maximum Gasteiger partial charge on any atom is 0.230 e. The van der Waals surface area contributed by atoms with Gasteiger partial charge in [0.15, 0.2) is 0 Å². The van der Waals surface area contributed by atoms with Crippen LogP contribution in [-0.4, -0.2) is 32.9 Å². The number of benzene rings is 2. The lowest BCUT2D eigenvalue weighted by Crippen LogP contribution is -2.39. The van der Waals surface area contributed by atoms with Crippen molar-refractivity contribution < 1.29 is 4.79 Å². The molecule has 30 heavy (non-hydrogen) atoms. The van der Waals surface area contributed by atoms with Crippen LogP contribution in [0, 0.1) is 11.8 Å². The average Bonchev–Trinajstić information content (AvgIpc) is 3.42. The molecule has 3 aromatic rings. The first-order chi connectivity index (χ1) is 14.8. The number of rotatable bonds is 6. The third-order valence-electron chi connectivity index (χ3n) is 6.18. The first-order valence-electron chi connectivity index (χ1n) is 10.5. The van der Waals surface area contributed by atoms with E-state index >= 15 is 0 Å². The molecular formula is C24H24N4OS. The zero-order valence-corrected chi connectivity index (χ0v) is 17.5. The Balaban J connectivity index is 1.32. The van der Waals surface area contributed by atoms with Crippen molar-refractivity contribution in [3.8, 4) is 22.5 Å². The van der Waals surface area contributed by atoms with Gasteiger partial charge in [-0.3, -0.25) is 4.79 Å². The number of nitrogens with zero attached hydrogens (tertiary/aromatic N) is 3. The van der Waals surface area contributed by atoms with E-state index in [1.807, 2.05) is 60.7 Å². The number of fused-ring (bicyclic) bond motifs is 2. The highest BCUT2D eigenvalue weighted by Crippen LogP contribution is 2.44. The number of carbonyl (C=O) groups is 1. The van der Waals surface area contributed by atoms with Crippen LogP contribution in [0.1, 0.15) is 25.7 Å². The van der Waals surface area contributed by atoms with E-state index < -0.39 is 0 Å². The Kier molecular flexibility index (Phi) is 5.49. The van der Waals surface area contributed by atoms with Crippen molar-refractivity contribution in [2.75, 3.05) is 5.75 Å². The van der Waals surface area contributed by atoms with Gasteiger partial charge >= 0.3 is 0 Å². The Morgan fingerprint density at radius 1 is 0.900 bits per heavy atom. The van der Waals surface area contributed by atoms with Crippen LogP contribution in [0.25, 0.3) is 22.5 Å². The minimum Gasteiger partial charge on any atom is -0.352 e. The molecule has 0 radical (unpaired) electrons. The third kappa shape index (κ3) is 4.10. The van der Waals surface area contributed by atoms with Gasteiger partial charge < -0.3 is 5.32 Å². The number of hydrogen-bond acceptors (Lipinski definition) is 5. The molecule has 0 spiro atoms. The number of aromatic nitrogens is 3. The molecule has 1 heterocycles. The summed E-state index contributed by atoms with van der Waals surface area (Å²) in [6.07, 6.45) is 5.02. The third-order valence-corrected chi connectivity index (χ3v) is 7.02. The Labute approximate surface area is 180 Å². The SMILES string of the molecule is O=C(CSc1nnc(-c2ccccc2)c(-c2ccccc2)n1)N[C@H]1C[C@@H]2CC[C@@H]1C2. The number of thioether (sulfide) groups is 1. The standard InChI is InChI=1S/C24H24N4OS/c29-21(25-20-14-16-11-12-19(20)13-16)15-30-24-26-22(17-7-3-1-4-8-17)23(27-28-24)18-9-5-2-6-10-18/h1-10,16,19-20H,11-15H2,(H,25,29)/t16-,19-,20+/m1/s1. The van der Waals surface area contributed by atoms with E-state index in [0.717, 1.165) is 34.9 Å². The Bertz CT molecular complexity index is 1030. The van der Waals surface area contributed by atoms with Gasteiger partial charge in [-0.2, -0.15) is 0 Å². The van der Waals surface area contributed by atoms with E-state index in [4.69, 9.17) is 4.98 Å². The summed E-state index contributed by atoms with van der Waals surface area (Å²) < 4.78 is 0. The van der Waals surface area contributed by atoms with Crippen molar-refractivity contribution in [3.05, 3.63) is 60.7 Å². The second-order valence-electron chi connectivity index (χ2n) is 8.16. The van der Waals surface area contributed by atoms with Gasteiger partial charge in [-0.25, -0.2) is 4.98 Å². The molecule has 152 valence electrons. The summed E-state index contributed by atoms with van der Waals surface area (Å²) in [5.41, 5.74) is 3.49. The number of nitrogens with one attached hydrogen (secondary N) is 1. The van der Waals surface area contributed by atoms with E-state index in [1.165, 1.54) is 31.0 Å². The number of amides is 1. The lowest BCUT2D eigenvalue weighted by Gasteiger charge is -2.22. The normalized spacial score (nSPS) is 22.2. The van der Waals surface area contributed by atoms with Crippen molar-refractivity contribution >= 4 is 17.7 Å². The smallest absolute Gasteiger partial charge is 0.230 e. The van der Waals surface area contributed by atoms with E-state index in [9.17, 15) is 4.79 Å². The minimum absolute atomic E-state index is 0.0644. The van der Waals surface area contributed by atoms with Crippen molar-refractivity contribution in [3.63, 3.8) is 0 Å². The summed E-state index contributed by atoms with van der Waals surface area (Å²) >= 11 is 1.35. The summed E-state index contributed by atoms with van der Waals surface area (Å²) in [5.74, 6) is 1.87. The maximum absolute atomic E-state index is 12.5. The van der Waals surface area contributed by atoms with Crippen molar-refractivity contribution in [1.29, 1.82) is 0 Å². The highest BCUT2D eigenvalue weighted by molar-refractivity contribution is 7.99. The molecule has 2 saturated carbocycles. The first-order valence-corrected chi connectivity index (χ1v) is 11.5. The molecule has 3 atom stereocenters. The lowest BCUT2D eigenvalue weighted by atomic mass is 9.95. The van der Waals surface area contributed by atoms with Crippen LogP contribution < -0.4 is 5.32 Å². The fourth-order valence-corrected chi connectivity index (χ4v) is 5.36. The fourth-order valence-electron chi connectivity index (χ4n) is 4.76. The molecule has 5 rings (SSSR count). The lowest BCUT2D eigenvalue weighted by molar-refractivity contribution is -0.119. The molecule has 2 aliphatic rings. The van der Waals surface area contributed by atoms with Gasteiger partial charge in [0, 0.05) is 17.2 Å². The van der Waals surface area contributed by atoms with E-state index in [-0.39, 0.29) is 5.91 Å². The largest absolute Gasteiger partial charge is 0.352 e. The van der Waals surface area contributed by atoms with Crippen molar-refractivity contribution in [2.24, 2.45) is 11.8 Å². The molecule has 0 unspecified atom stereocenters. The van der Waals surface area contributed by atoms with Crippen molar-refractivity contribution in [1.82, 2.24) is 20.5 Å². The van der Waals surface area contributed by atoms with Crippen molar-refractivity contribution in [2.45, 2.75) is 36.9 Å². The molecule has 1 N–H and O–H groups in total. The Morgan fingerprint density at radius 2 is 1.60 bits per heavy atom. The predicted octanol–water partition coefficient (Wildman–Crippen LogP) is 4.60. The van der Waals surface area contributed by atoms with Crippen LogP contribution in [-0.2, 0) is 4.79 Å². The monoisotopic (exact) mass is 416 g/mol. The van der Waals surface area contributed by atoms with Gasteiger partial charge in [0.25, 0.3) is 0 Å². The molecule has 2 bridgehead atoms. The maximum atomic E-state index is 12.5. The zero-order valence-electron chi connectivity index (χ0n) is 16.7. The number of carbonyl (C=O) groups excluding carboxylic acids is 1. The highest BCUT2D eigenvalue weighted by atomic mass is 32.2. The van der Waals surface area contributed by atoms with Gasteiger partial charge in [0.2, 0.25) is 11.1 Å². The van der Waals surface area contributed by atoms with Gasteiger partial charge in [-0.1, -0.05) is 78.8 Å². The van der Waals surface area contributed by atoms with Gasteiger partial charge in [-0.15, -0.1) is 10.2 Å². The first kappa shape index (κ1) is 19.2. The molecule has 5 nitrogen and oxygen atoms in total. The van der Waals surface area contributed by atoms with E-state index in [2.05, 4.69) is 15.5 Å². The van der Waals surface area contributed by atoms with Crippen LogP contribution in [0.15, 0.2) is 65.8 Å². The quantitative estimate of drug-likeness (QED) is 0.595. The molecule has 1 aromatic heterocycles. The second kappa shape index (κ2) is 8.56. The Morgan fingerprint density at radius 3 is 2.23 bits per heavy atom. The summed E-state index contributed by atoms with van der Waals surface area (Å²) in [6.45, 7) is 0. The fraction of sp³-hybridized carbons (Fsp3) is 0.333. The molecule has 0 saturated heterocycles. The predicted molar refractivity (Wildman–Crippen MR) is 119 cm³/mol. The van der Waals surface area contributed by atoms with Crippen LogP contribution in [0.3, 0.4) is 0 Å². The topological polar surface area (TPSA) is 67.8 Å². The summed E-state index contributed by atoms with van der Waals surface area (Å²) in [5, 5.41) is 12.5. The van der Waals surface area contributed by atoms with E-state index in [0.29, 0.717) is 22.9 Å². The molecule has 2 fully saturated rings. The molecule has 2 aliphatic carbocycles. The summed E-state index contributed by atoms with van der Waals surface area (Å²) in [7, 11) is 0. The van der Waals surface area contributed by atoms with Gasteiger partial charge in [0.05, 0.1) is 5.75 Å². The van der Waals surface area contributed by atoms with Gasteiger partial charge in [-0.05, 0) is 31.1 Å². The van der Waals surface area contributed by atoms with E-state index in [1.54, 1.807) is 0 Å². The molecular weight excluding hydrogens is 392 g/mol. The second-order valence-corrected chi connectivity index (χ2v) is 9.10. The van der Waals surface area contributed by atoms with Gasteiger partial charge in [0.1, 0.15) is 11.4 Å². The highest BCUT2D eigenvalue weighted by Gasteiger charge is 2.40. The molecule has 1 amide bonds. The zero-order chi connectivity index (χ0) is 20.3. The minimum atomic E-state index is 0.0644. The van der Waals surface area contributed by atoms with Crippen LogP contribution >= 0.6 is 11.8 Å². The van der Waals surface area contributed by atoms with Crippen LogP contribution in [0.5, 0.6) is 0 Å². The number of hydrogen-bond donors (Lipinski definition) is 1.